The number of rotatable bonds is 10. The van der Waals surface area contributed by atoms with Crippen molar-refractivity contribution in [2.24, 2.45) is 5.92 Å². The van der Waals surface area contributed by atoms with Crippen LogP contribution in [-0.4, -0.2) is 32.3 Å². The molecule has 5 heteroatoms. The number of carbonyl (C=O) groups is 1. The van der Waals surface area contributed by atoms with Crippen molar-refractivity contribution in [2.45, 2.75) is 25.7 Å². The first-order valence-electron chi connectivity index (χ1n) is 7.57. The lowest BCUT2D eigenvalue weighted by Crippen LogP contribution is -2.26. The van der Waals surface area contributed by atoms with Crippen molar-refractivity contribution < 1.29 is 14.3 Å². The van der Waals surface area contributed by atoms with Gasteiger partial charge in [0.15, 0.2) is 0 Å². The van der Waals surface area contributed by atoms with E-state index in [-0.39, 0.29) is 5.91 Å². The van der Waals surface area contributed by atoms with Crippen LogP contribution in [0.1, 0.15) is 25.7 Å². The van der Waals surface area contributed by atoms with E-state index in [9.17, 15) is 4.79 Å². The van der Waals surface area contributed by atoms with Gasteiger partial charge < -0.3 is 20.5 Å². The second kappa shape index (κ2) is 8.52. The molecule has 0 aliphatic heterocycles. The van der Waals surface area contributed by atoms with Crippen molar-refractivity contribution in [3.8, 4) is 5.75 Å². The molecule has 0 radical (unpaired) electrons. The molecular formula is C16H24N2O3. The van der Waals surface area contributed by atoms with Crippen LogP contribution in [0.4, 0.5) is 5.69 Å². The third-order valence-electron chi connectivity index (χ3n) is 3.32. The van der Waals surface area contributed by atoms with Gasteiger partial charge in [-0.05, 0) is 49.4 Å². The van der Waals surface area contributed by atoms with Crippen LogP contribution in [0.3, 0.4) is 0 Å². The largest absolute Gasteiger partial charge is 0.493 e. The minimum Gasteiger partial charge on any atom is -0.493 e. The van der Waals surface area contributed by atoms with Gasteiger partial charge in [-0.1, -0.05) is 0 Å². The van der Waals surface area contributed by atoms with Crippen LogP contribution in [0.2, 0.25) is 0 Å². The van der Waals surface area contributed by atoms with E-state index in [2.05, 4.69) is 5.32 Å². The number of hydrogen-bond donors (Lipinski definition) is 2. The number of nitrogen functional groups attached to an aromatic ring is 1. The van der Waals surface area contributed by atoms with E-state index in [0.717, 1.165) is 31.3 Å². The maximum Gasteiger partial charge on any atom is 0.223 e. The van der Waals surface area contributed by atoms with Crippen molar-refractivity contribution in [1.29, 1.82) is 0 Å². The van der Waals surface area contributed by atoms with E-state index in [4.69, 9.17) is 15.2 Å². The first-order chi connectivity index (χ1) is 10.2. The monoisotopic (exact) mass is 292 g/mol. The Bertz CT molecular complexity index is 430. The SMILES string of the molecule is Nc1ccc(OCCC(=O)NCCCOCC2CC2)cc1. The van der Waals surface area contributed by atoms with E-state index in [1.807, 2.05) is 0 Å². The molecule has 3 N–H and O–H groups in total. The lowest BCUT2D eigenvalue weighted by atomic mass is 10.3. The van der Waals surface area contributed by atoms with Crippen LogP contribution in [-0.2, 0) is 9.53 Å². The molecule has 1 aromatic carbocycles. The molecule has 0 spiro atoms. The number of nitrogens with one attached hydrogen (secondary N) is 1. The number of hydrogen-bond acceptors (Lipinski definition) is 4. The van der Waals surface area contributed by atoms with Gasteiger partial charge in [0, 0.05) is 25.4 Å². The number of ether oxygens (including phenoxy) is 2. The topological polar surface area (TPSA) is 73.6 Å². The predicted octanol–water partition coefficient (Wildman–Crippen LogP) is 1.97. The molecule has 0 atom stereocenters. The van der Waals surface area contributed by atoms with Crippen molar-refractivity contribution in [2.75, 3.05) is 32.1 Å². The lowest BCUT2D eigenvalue weighted by Gasteiger charge is -2.08. The van der Waals surface area contributed by atoms with E-state index in [1.165, 1.54) is 12.8 Å². The summed E-state index contributed by atoms with van der Waals surface area (Å²) in [5.74, 6) is 1.53. The summed E-state index contributed by atoms with van der Waals surface area (Å²) in [5.41, 5.74) is 6.28. The number of anilines is 1. The standard InChI is InChI=1S/C16H24N2O3/c17-14-4-6-15(7-5-14)21-11-8-16(19)18-9-1-10-20-12-13-2-3-13/h4-7,13H,1-3,8-12,17H2,(H,18,19). The molecule has 0 heterocycles. The Morgan fingerprint density at radius 1 is 1.24 bits per heavy atom. The van der Waals surface area contributed by atoms with Crippen molar-refractivity contribution in [3.05, 3.63) is 24.3 Å². The maximum absolute atomic E-state index is 11.6. The average Bonchev–Trinajstić information content (AvgIpc) is 3.29. The molecule has 1 aliphatic carbocycles. The van der Waals surface area contributed by atoms with Gasteiger partial charge in [0.05, 0.1) is 13.0 Å². The number of carbonyl (C=O) groups excluding carboxylic acids is 1. The van der Waals surface area contributed by atoms with Gasteiger partial charge >= 0.3 is 0 Å². The smallest absolute Gasteiger partial charge is 0.223 e. The molecule has 1 saturated carbocycles. The fourth-order valence-electron chi connectivity index (χ4n) is 1.85. The highest BCUT2D eigenvalue weighted by Crippen LogP contribution is 2.28. The van der Waals surface area contributed by atoms with Gasteiger partial charge in [-0.25, -0.2) is 0 Å². The van der Waals surface area contributed by atoms with Crippen LogP contribution in [0.15, 0.2) is 24.3 Å². The van der Waals surface area contributed by atoms with E-state index >= 15 is 0 Å². The second-order valence-electron chi connectivity index (χ2n) is 5.39. The Kier molecular flexibility index (Phi) is 6.34. The Labute approximate surface area is 125 Å². The summed E-state index contributed by atoms with van der Waals surface area (Å²) in [7, 11) is 0. The molecule has 1 aromatic rings. The molecule has 116 valence electrons. The third-order valence-corrected chi connectivity index (χ3v) is 3.32. The molecule has 1 fully saturated rings. The van der Waals surface area contributed by atoms with E-state index < -0.39 is 0 Å². The summed E-state index contributed by atoms with van der Waals surface area (Å²) in [4.78, 5) is 11.6. The Morgan fingerprint density at radius 3 is 2.71 bits per heavy atom. The zero-order valence-corrected chi connectivity index (χ0v) is 12.3. The normalized spacial score (nSPS) is 13.9. The zero-order chi connectivity index (χ0) is 14.9. The van der Waals surface area contributed by atoms with Crippen LogP contribution in [0.5, 0.6) is 5.75 Å². The van der Waals surface area contributed by atoms with Crippen molar-refractivity contribution in [3.63, 3.8) is 0 Å². The first kappa shape index (κ1) is 15.6. The minimum absolute atomic E-state index is 0.00707. The molecular weight excluding hydrogens is 268 g/mol. The lowest BCUT2D eigenvalue weighted by molar-refractivity contribution is -0.121. The van der Waals surface area contributed by atoms with E-state index in [0.29, 0.717) is 25.3 Å². The van der Waals surface area contributed by atoms with Gasteiger partial charge in [0.25, 0.3) is 0 Å². The molecule has 0 saturated heterocycles. The highest BCUT2D eigenvalue weighted by molar-refractivity contribution is 5.75. The first-order valence-corrected chi connectivity index (χ1v) is 7.57. The van der Waals surface area contributed by atoms with Gasteiger partial charge in [0.2, 0.25) is 5.91 Å². The zero-order valence-electron chi connectivity index (χ0n) is 12.3. The fraction of sp³-hybridized carbons (Fsp3) is 0.562. The maximum atomic E-state index is 11.6. The Hall–Kier alpha value is -1.75. The van der Waals surface area contributed by atoms with Crippen molar-refractivity contribution >= 4 is 11.6 Å². The average molecular weight is 292 g/mol. The van der Waals surface area contributed by atoms with Crippen LogP contribution in [0.25, 0.3) is 0 Å². The van der Waals surface area contributed by atoms with Crippen LogP contribution >= 0.6 is 0 Å². The quantitative estimate of drug-likeness (QED) is 0.511. The molecule has 21 heavy (non-hydrogen) atoms. The summed E-state index contributed by atoms with van der Waals surface area (Å²) in [6, 6.07) is 7.14. The molecule has 5 nitrogen and oxygen atoms in total. The predicted molar refractivity (Wildman–Crippen MR) is 82.1 cm³/mol. The van der Waals surface area contributed by atoms with E-state index in [1.54, 1.807) is 24.3 Å². The molecule has 2 rings (SSSR count). The Balaban J connectivity index is 1.44. The summed E-state index contributed by atoms with van der Waals surface area (Å²) < 4.78 is 11.0. The fourth-order valence-corrected chi connectivity index (χ4v) is 1.85. The van der Waals surface area contributed by atoms with Crippen LogP contribution in [0, 0.1) is 5.92 Å². The summed E-state index contributed by atoms with van der Waals surface area (Å²) in [6.07, 6.45) is 3.83. The number of benzene rings is 1. The van der Waals surface area contributed by atoms with Crippen LogP contribution < -0.4 is 15.8 Å². The second-order valence-corrected chi connectivity index (χ2v) is 5.39. The van der Waals surface area contributed by atoms with Gasteiger partial charge in [-0.2, -0.15) is 0 Å². The summed E-state index contributed by atoms with van der Waals surface area (Å²) in [5, 5.41) is 2.86. The third kappa shape index (κ3) is 6.99. The van der Waals surface area contributed by atoms with Crippen molar-refractivity contribution in [1.82, 2.24) is 5.32 Å². The number of nitrogens with two attached hydrogens (primary N) is 1. The minimum atomic E-state index is 0.00707. The highest BCUT2D eigenvalue weighted by atomic mass is 16.5. The van der Waals surface area contributed by atoms with Gasteiger partial charge in [-0.3, -0.25) is 4.79 Å². The number of amides is 1. The molecule has 0 unspecified atom stereocenters. The molecule has 1 amide bonds. The summed E-state index contributed by atoms with van der Waals surface area (Å²) >= 11 is 0. The van der Waals surface area contributed by atoms with Gasteiger partial charge in [0.1, 0.15) is 5.75 Å². The highest BCUT2D eigenvalue weighted by Gasteiger charge is 2.20. The van der Waals surface area contributed by atoms with Gasteiger partial charge in [-0.15, -0.1) is 0 Å². The molecule has 0 bridgehead atoms. The summed E-state index contributed by atoms with van der Waals surface area (Å²) in [6.45, 7) is 2.63. The Morgan fingerprint density at radius 2 is 2.00 bits per heavy atom. The molecule has 1 aliphatic rings. The molecule has 0 aromatic heterocycles.